The number of benzene rings is 2. The summed E-state index contributed by atoms with van der Waals surface area (Å²) in [4.78, 5) is 42.3. The summed E-state index contributed by atoms with van der Waals surface area (Å²) >= 11 is 0. The minimum atomic E-state index is -0.640. The topological polar surface area (TPSA) is 106 Å². The van der Waals surface area contributed by atoms with Crippen molar-refractivity contribution in [3.05, 3.63) is 63.3 Å². The SMILES string of the molecule is CCN(CC)CCOc1cc(NC(=O)Cn2c(=O)[nH]c3ccccc3c2=O)ccc1OC. The van der Waals surface area contributed by atoms with Crippen LogP contribution in [-0.2, 0) is 11.3 Å². The number of carbonyl (C=O) groups is 1. The number of nitrogens with one attached hydrogen (secondary N) is 2. The fraction of sp³-hybridized carbons (Fsp3) is 0.348. The molecule has 0 spiro atoms. The van der Waals surface area contributed by atoms with Crippen molar-refractivity contribution in [2.24, 2.45) is 0 Å². The number of likely N-dealkylation sites (N-methyl/N-ethyl adjacent to an activating group) is 1. The molecule has 9 nitrogen and oxygen atoms in total. The molecule has 9 heteroatoms. The average Bonchev–Trinajstić information content (AvgIpc) is 2.79. The molecule has 0 saturated carbocycles. The van der Waals surface area contributed by atoms with Crippen molar-refractivity contribution < 1.29 is 14.3 Å². The molecule has 0 atom stereocenters. The van der Waals surface area contributed by atoms with Crippen LogP contribution in [0.4, 0.5) is 5.69 Å². The van der Waals surface area contributed by atoms with Crippen molar-refractivity contribution in [2.75, 3.05) is 38.7 Å². The molecule has 32 heavy (non-hydrogen) atoms. The van der Waals surface area contributed by atoms with Gasteiger partial charge in [0.05, 0.1) is 18.0 Å². The van der Waals surface area contributed by atoms with Gasteiger partial charge in [-0.3, -0.25) is 14.2 Å². The van der Waals surface area contributed by atoms with Crippen LogP contribution in [0.5, 0.6) is 11.5 Å². The summed E-state index contributed by atoms with van der Waals surface area (Å²) in [6, 6.07) is 11.7. The number of ether oxygens (including phenoxy) is 2. The Morgan fingerprint density at radius 1 is 1.09 bits per heavy atom. The zero-order valence-corrected chi connectivity index (χ0v) is 18.5. The lowest BCUT2D eigenvalue weighted by Gasteiger charge is -2.19. The van der Waals surface area contributed by atoms with Gasteiger partial charge in [0.2, 0.25) is 5.91 Å². The van der Waals surface area contributed by atoms with Crippen molar-refractivity contribution in [3.8, 4) is 11.5 Å². The molecule has 0 unspecified atom stereocenters. The highest BCUT2D eigenvalue weighted by Crippen LogP contribution is 2.30. The maximum absolute atomic E-state index is 12.6. The standard InChI is InChI=1S/C23H28N4O5/c1-4-26(5-2)12-13-32-20-14-16(10-11-19(20)31-3)24-21(28)15-27-22(29)17-8-6-7-9-18(17)25-23(27)30/h6-11,14H,4-5,12-13,15H2,1-3H3,(H,24,28)(H,25,30). The number of aromatic nitrogens is 2. The molecule has 1 aromatic heterocycles. The third kappa shape index (κ3) is 5.36. The first-order valence-corrected chi connectivity index (χ1v) is 10.5. The van der Waals surface area contributed by atoms with Gasteiger partial charge in [0.25, 0.3) is 5.56 Å². The molecule has 0 saturated heterocycles. The van der Waals surface area contributed by atoms with Crippen molar-refractivity contribution in [2.45, 2.75) is 20.4 Å². The number of hydrogen-bond donors (Lipinski definition) is 2. The molecule has 3 aromatic rings. The molecular formula is C23H28N4O5. The Hall–Kier alpha value is -3.59. The summed E-state index contributed by atoms with van der Waals surface area (Å²) in [6.45, 7) is 6.86. The van der Waals surface area contributed by atoms with Crippen LogP contribution in [0.1, 0.15) is 13.8 Å². The summed E-state index contributed by atoms with van der Waals surface area (Å²) in [6.07, 6.45) is 0. The molecule has 2 aromatic carbocycles. The predicted molar refractivity (Wildman–Crippen MR) is 124 cm³/mol. The number of rotatable bonds is 10. The van der Waals surface area contributed by atoms with Gasteiger partial charge in [-0.2, -0.15) is 0 Å². The highest BCUT2D eigenvalue weighted by atomic mass is 16.5. The largest absolute Gasteiger partial charge is 0.493 e. The van der Waals surface area contributed by atoms with Crippen LogP contribution >= 0.6 is 0 Å². The van der Waals surface area contributed by atoms with Crippen LogP contribution in [0.25, 0.3) is 10.9 Å². The number of methoxy groups -OCH3 is 1. The van der Waals surface area contributed by atoms with Gasteiger partial charge in [0.15, 0.2) is 11.5 Å². The fourth-order valence-corrected chi connectivity index (χ4v) is 3.38. The Balaban J connectivity index is 1.73. The third-order valence-corrected chi connectivity index (χ3v) is 5.20. The summed E-state index contributed by atoms with van der Waals surface area (Å²) in [5, 5.41) is 3.05. The predicted octanol–water partition coefficient (Wildman–Crippen LogP) is 2.06. The molecule has 0 radical (unpaired) electrons. The van der Waals surface area contributed by atoms with E-state index in [9.17, 15) is 14.4 Å². The first-order chi connectivity index (χ1) is 15.5. The maximum Gasteiger partial charge on any atom is 0.329 e. The lowest BCUT2D eigenvalue weighted by Crippen LogP contribution is -2.38. The van der Waals surface area contributed by atoms with E-state index in [0.717, 1.165) is 24.2 Å². The molecule has 1 heterocycles. The number of amides is 1. The van der Waals surface area contributed by atoms with Gasteiger partial charge in [-0.05, 0) is 37.4 Å². The van der Waals surface area contributed by atoms with Crippen molar-refractivity contribution >= 4 is 22.5 Å². The van der Waals surface area contributed by atoms with Gasteiger partial charge in [-0.1, -0.05) is 26.0 Å². The second-order valence-electron chi connectivity index (χ2n) is 7.16. The first-order valence-electron chi connectivity index (χ1n) is 10.5. The maximum atomic E-state index is 12.6. The van der Waals surface area contributed by atoms with Crippen molar-refractivity contribution in [3.63, 3.8) is 0 Å². The van der Waals surface area contributed by atoms with E-state index in [4.69, 9.17) is 9.47 Å². The quantitative estimate of drug-likeness (QED) is 0.500. The van der Waals surface area contributed by atoms with Crippen LogP contribution in [0.15, 0.2) is 52.1 Å². The van der Waals surface area contributed by atoms with E-state index in [1.165, 1.54) is 0 Å². The molecular weight excluding hydrogens is 412 g/mol. The molecule has 170 valence electrons. The van der Waals surface area contributed by atoms with E-state index < -0.39 is 23.7 Å². The Morgan fingerprint density at radius 3 is 2.56 bits per heavy atom. The van der Waals surface area contributed by atoms with E-state index in [0.29, 0.717) is 34.7 Å². The molecule has 0 aliphatic rings. The second kappa shape index (κ2) is 10.6. The Labute approximate surface area is 185 Å². The summed E-state index contributed by atoms with van der Waals surface area (Å²) in [5.74, 6) is 0.537. The zero-order valence-electron chi connectivity index (χ0n) is 18.5. The summed E-state index contributed by atoms with van der Waals surface area (Å²) in [5.41, 5.74) is -0.256. The monoisotopic (exact) mass is 440 g/mol. The fourth-order valence-electron chi connectivity index (χ4n) is 3.38. The first kappa shape index (κ1) is 23.1. The number of H-pyrrole nitrogens is 1. The Kier molecular flexibility index (Phi) is 7.67. The zero-order chi connectivity index (χ0) is 23.1. The number of anilines is 1. The summed E-state index contributed by atoms with van der Waals surface area (Å²) < 4.78 is 12.1. The molecule has 0 aliphatic carbocycles. The number of fused-ring (bicyclic) bond motifs is 1. The number of carbonyl (C=O) groups excluding carboxylic acids is 1. The van der Waals surface area contributed by atoms with E-state index in [-0.39, 0.29) is 0 Å². The highest BCUT2D eigenvalue weighted by molar-refractivity contribution is 5.91. The van der Waals surface area contributed by atoms with Crippen LogP contribution in [-0.4, -0.2) is 53.7 Å². The number of aromatic amines is 1. The minimum Gasteiger partial charge on any atom is -0.493 e. The van der Waals surface area contributed by atoms with Crippen LogP contribution in [0.2, 0.25) is 0 Å². The summed E-state index contributed by atoms with van der Waals surface area (Å²) in [7, 11) is 1.54. The van der Waals surface area contributed by atoms with Gasteiger partial charge in [0, 0.05) is 18.3 Å². The van der Waals surface area contributed by atoms with E-state index in [2.05, 4.69) is 29.0 Å². The van der Waals surface area contributed by atoms with E-state index in [1.54, 1.807) is 49.6 Å². The van der Waals surface area contributed by atoms with Gasteiger partial charge in [-0.15, -0.1) is 0 Å². The molecule has 3 rings (SSSR count). The molecule has 0 aliphatic heterocycles. The lowest BCUT2D eigenvalue weighted by atomic mass is 10.2. The highest BCUT2D eigenvalue weighted by Gasteiger charge is 2.13. The van der Waals surface area contributed by atoms with Crippen molar-refractivity contribution in [1.29, 1.82) is 0 Å². The molecule has 1 amide bonds. The van der Waals surface area contributed by atoms with Gasteiger partial charge in [0.1, 0.15) is 13.2 Å². The van der Waals surface area contributed by atoms with Crippen LogP contribution in [0.3, 0.4) is 0 Å². The van der Waals surface area contributed by atoms with E-state index >= 15 is 0 Å². The Morgan fingerprint density at radius 2 is 1.84 bits per heavy atom. The third-order valence-electron chi connectivity index (χ3n) is 5.20. The number of para-hydroxylation sites is 1. The van der Waals surface area contributed by atoms with Gasteiger partial charge < -0.3 is 24.7 Å². The van der Waals surface area contributed by atoms with E-state index in [1.807, 2.05) is 0 Å². The number of hydrogen-bond acceptors (Lipinski definition) is 6. The average molecular weight is 441 g/mol. The van der Waals surface area contributed by atoms with Crippen LogP contribution < -0.4 is 26.0 Å². The Bertz CT molecular complexity index is 1200. The molecule has 2 N–H and O–H groups in total. The van der Waals surface area contributed by atoms with Gasteiger partial charge >= 0.3 is 5.69 Å². The normalized spacial score (nSPS) is 11.0. The molecule has 0 fully saturated rings. The van der Waals surface area contributed by atoms with Gasteiger partial charge in [-0.25, -0.2) is 4.79 Å². The molecule has 0 bridgehead atoms. The number of nitrogens with zero attached hydrogens (tertiary/aromatic N) is 2. The lowest BCUT2D eigenvalue weighted by molar-refractivity contribution is -0.116. The second-order valence-corrected chi connectivity index (χ2v) is 7.16. The smallest absolute Gasteiger partial charge is 0.329 e. The van der Waals surface area contributed by atoms with Crippen molar-refractivity contribution in [1.82, 2.24) is 14.5 Å². The minimum absolute atomic E-state index is 0.341. The van der Waals surface area contributed by atoms with Crippen LogP contribution in [0, 0.1) is 0 Å².